The molecular weight excluding hydrogens is 346 g/mol. The van der Waals surface area contributed by atoms with Gasteiger partial charge in [0.15, 0.2) is 6.61 Å². The van der Waals surface area contributed by atoms with Gasteiger partial charge in [0.1, 0.15) is 11.5 Å². The standard InChI is InChI=1S/C21H23NO5/c1-25-17-9-10-18(19(12-17)26-2)22-20(23)13-27-21(24)16-8-7-14-5-3-4-6-15(14)11-16/h7-12H,3-6,13H2,1-2H3,(H,22,23). The van der Waals surface area contributed by atoms with Crippen molar-refractivity contribution in [2.24, 2.45) is 0 Å². The molecule has 1 aliphatic rings. The summed E-state index contributed by atoms with van der Waals surface area (Å²) in [4.78, 5) is 24.4. The van der Waals surface area contributed by atoms with Crippen LogP contribution in [0.4, 0.5) is 5.69 Å². The molecule has 6 heteroatoms. The summed E-state index contributed by atoms with van der Waals surface area (Å²) in [6.45, 7) is -0.370. The zero-order chi connectivity index (χ0) is 19.2. The number of hydrogen-bond acceptors (Lipinski definition) is 5. The van der Waals surface area contributed by atoms with Crippen LogP contribution in [-0.4, -0.2) is 32.7 Å². The molecule has 0 aliphatic heterocycles. The molecule has 2 aromatic rings. The maximum Gasteiger partial charge on any atom is 0.338 e. The second-order valence-corrected chi connectivity index (χ2v) is 6.38. The van der Waals surface area contributed by atoms with Gasteiger partial charge in [0.2, 0.25) is 0 Å². The van der Waals surface area contributed by atoms with Gasteiger partial charge < -0.3 is 19.5 Å². The Bertz CT molecular complexity index is 846. The number of carbonyl (C=O) groups excluding carboxylic acids is 2. The quantitative estimate of drug-likeness (QED) is 0.790. The van der Waals surface area contributed by atoms with Gasteiger partial charge in [-0.15, -0.1) is 0 Å². The topological polar surface area (TPSA) is 73.9 Å². The summed E-state index contributed by atoms with van der Waals surface area (Å²) in [5.74, 6) is 0.136. The fourth-order valence-corrected chi connectivity index (χ4v) is 3.16. The Morgan fingerprint density at radius 3 is 2.48 bits per heavy atom. The first kappa shape index (κ1) is 18.8. The molecule has 0 atom stereocenters. The minimum absolute atomic E-state index is 0.370. The predicted molar refractivity (Wildman–Crippen MR) is 102 cm³/mol. The number of benzene rings is 2. The van der Waals surface area contributed by atoms with Gasteiger partial charge in [-0.1, -0.05) is 6.07 Å². The molecule has 0 unspecified atom stereocenters. The van der Waals surface area contributed by atoms with Gasteiger partial charge in [-0.3, -0.25) is 4.79 Å². The van der Waals surface area contributed by atoms with Gasteiger partial charge in [0, 0.05) is 6.07 Å². The van der Waals surface area contributed by atoms with Gasteiger partial charge in [-0.2, -0.15) is 0 Å². The fourth-order valence-electron chi connectivity index (χ4n) is 3.16. The first-order chi connectivity index (χ1) is 13.1. The highest BCUT2D eigenvalue weighted by Crippen LogP contribution is 2.29. The Morgan fingerprint density at radius 1 is 0.963 bits per heavy atom. The van der Waals surface area contributed by atoms with E-state index in [0.29, 0.717) is 22.7 Å². The van der Waals surface area contributed by atoms with Crippen molar-refractivity contribution in [1.29, 1.82) is 0 Å². The first-order valence-corrected chi connectivity index (χ1v) is 8.91. The lowest BCUT2D eigenvalue weighted by molar-refractivity contribution is -0.119. The van der Waals surface area contributed by atoms with Crippen molar-refractivity contribution in [2.75, 3.05) is 26.1 Å². The molecule has 6 nitrogen and oxygen atoms in total. The third-order valence-electron chi connectivity index (χ3n) is 4.60. The lowest BCUT2D eigenvalue weighted by atomic mass is 9.90. The highest BCUT2D eigenvalue weighted by Gasteiger charge is 2.15. The average Bonchev–Trinajstić information content (AvgIpc) is 2.71. The number of methoxy groups -OCH3 is 2. The zero-order valence-corrected chi connectivity index (χ0v) is 15.5. The van der Waals surface area contributed by atoms with E-state index < -0.39 is 11.9 Å². The largest absolute Gasteiger partial charge is 0.497 e. The van der Waals surface area contributed by atoms with Crippen molar-refractivity contribution >= 4 is 17.6 Å². The minimum atomic E-state index is -0.500. The number of fused-ring (bicyclic) bond motifs is 1. The maximum absolute atomic E-state index is 12.3. The summed E-state index contributed by atoms with van der Waals surface area (Å²) in [7, 11) is 3.05. The van der Waals surface area contributed by atoms with Crippen LogP contribution in [0.2, 0.25) is 0 Å². The molecule has 0 aromatic heterocycles. The number of amides is 1. The Kier molecular flexibility index (Phi) is 5.96. The number of esters is 1. The van der Waals surface area contributed by atoms with E-state index in [9.17, 15) is 9.59 Å². The van der Waals surface area contributed by atoms with Crippen LogP contribution >= 0.6 is 0 Å². The molecule has 0 heterocycles. The summed E-state index contributed by atoms with van der Waals surface area (Å²) in [5.41, 5.74) is 3.45. The summed E-state index contributed by atoms with van der Waals surface area (Å²) in [5, 5.41) is 2.67. The van der Waals surface area contributed by atoms with E-state index in [1.165, 1.54) is 24.7 Å². The average molecular weight is 369 g/mol. The minimum Gasteiger partial charge on any atom is -0.497 e. The van der Waals surface area contributed by atoms with E-state index in [4.69, 9.17) is 14.2 Å². The Labute approximate surface area is 158 Å². The predicted octanol–water partition coefficient (Wildman–Crippen LogP) is 3.38. The van der Waals surface area contributed by atoms with Crippen LogP contribution in [-0.2, 0) is 22.4 Å². The van der Waals surface area contributed by atoms with Crippen molar-refractivity contribution in [3.63, 3.8) is 0 Å². The Balaban J connectivity index is 1.58. The van der Waals surface area contributed by atoms with Crippen LogP contribution in [0.25, 0.3) is 0 Å². The van der Waals surface area contributed by atoms with Crippen molar-refractivity contribution in [1.82, 2.24) is 0 Å². The molecule has 3 rings (SSSR count). The second-order valence-electron chi connectivity index (χ2n) is 6.38. The smallest absolute Gasteiger partial charge is 0.338 e. The van der Waals surface area contributed by atoms with Crippen LogP contribution in [0.3, 0.4) is 0 Å². The molecule has 0 bridgehead atoms. The molecule has 0 saturated heterocycles. The van der Waals surface area contributed by atoms with Crippen LogP contribution in [0.15, 0.2) is 36.4 Å². The van der Waals surface area contributed by atoms with Crippen molar-refractivity contribution < 1.29 is 23.8 Å². The highest BCUT2D eigenvalue weighted by atomic mass is 16.5. The van der Waals surface area contributed by atoms with Crippen LogP contribution in [0, 0.1) is 0 Å². The number of aryl methyl sites for hydroxylation is 2. The normalized spacial score (nSPS) is 12.7. The number of hydrogen-bond donors (Lipinski definition) is 1. The molecule has 2 aromatic carbocycles. The van der Waals surface area contributed by atoms with Gasteiger partial charge in [-0.25, -0.2) is 4.79 Å². The molecular formula is C21H23NO5. The molecule has 1 N–H and O–H groups in total. The molecule has 1 aliphatic carbocycles. The molecule has 27 heavy (non-hydrogen) atoms. The van der Waals surface area contributed by atoms with E-state index in [1.54, 1.807) is 31.4 Å². The van der Waals surface area contributed by atoms with Crippen molar-refractivity contribution in [2.45, 2.75) is 25.7 Å². The molecule has 142 valence electrons. The van der Waals surface area contributed by atoms with Gasteiger partial charge >= 0.3 is 5.97 Å². The monoisotopic (exact) mass is 369 g/mol. The number of anilines is 1. The lowest BCUT2D eigenvalue weighted by Crippen LogP contribution is -2.21. The fraction of sp³-hybridized carbons (Fsp3) is 0.333. The Morgan fingerprint density at radius 2 is 1.74 bits per heavy atom. The van der Waals surface area contributed by atoms with Crippen molar-refractivity contribution in [3.05, 3.63) is 53.1 Å². The summed E-state index contributed by atoms with van der Waals surface area (Å²) < 4.78 is 15.5. The van der Waals surface area contributed by atoms with E-state index >= 15 is 0 Å². The third kappa shape index (κ3) is 4.58. The molecule has 0 saturated carbocycles. The zero-order valence-electron chi connectivity index (χ0n) is 15.5. The van der Waals surface area contributed by atoms with E-state index in [2.05, 4.69) is 5.32 Å². The number of ether oxygens (including phenoxy) is 3. The van der Waals surface area contributed by atoms with Crippen LogP contribution in [0.1, 0.15) is 34.3 Å². The lowest BCUT2D eigenvalue weighted by Gasteiger charge is -2.16. The van der Waals surface area contributed by atoms with Crippen LogP contribution in [0.5, 0.6) is 11.5 Å². The van der Waals surface area contributed by atoms with E-state index in [-0.39, 0.29) is 6.61 Å². The molecule has 0 fully saturated rings. The summed E-state index contributed by atoms with van der Waals surface area (Å²) in [6.07, 6.45) is 4.36. The Hall–Kier alpha value is -3.02. The van der Waals surface area contributed by atoms with E-state index in [1.807, 2.05) is 12.1 Å². The summed E-state index contributed by atoms with van der Waals surface area (Å²) >= 11 is 0. The van der Waals surface area contributed by atoms with Gasteiger partial charge in [0.25, 0.3) is 5.91 Å². The van der Waals surface area contributed by atoms with Gasteiger partial charge in [0.05, 0.1) is 25.5 Å². The van der Waals surface area contributed by atoms with E-state index in [0.717, 1.165) is 19.3 Å². The number of nitrogens with one attached hydrogen (secondary N) is 1. The highest BCUT2D eigenvalue weighted by molar-refractivity contribution is 5.96. The molecule has 0 spiro atoms. The second kappa shape index (κ2) is 8.58. The van der Waals surface area contributed by atoms with Crippen LogP contribution < -0.4 is 14.8 Å². The van der Waals surface area contributed by atoms with Crippen molar-refractivity contribution in [3.8, 4) is 11.5 Å². The third-order valence-corrected chi connectivity index (χ3v) is 4.60. The summed E-state index contributed by atoms with van der Waals surface area (Å²) in [6, 6.07) is 10.7. The molecule has 1 amide bonds. The maximum atomic E-state index is 12.3. The number of carbonyl (C=O) groups is 2. The first-order valence-electron chi connectivity index (χ1n) is 8.91. The number of rotatable bonds is 6. The van der Waals surface area contributed by atoms with Gasteiger partial charge in [-0.05, 0) is 61.1 Å². The molecule has 0 radical (unpaired) electrons. The SMILES string of the molecule is COc1ccc(NC(=O)COC(=O)c2ccc3c(c2)CCCC3)c(OC)c1.